The van der Waals surface area contributed by atoms with Crippen LogP contribution in [-0.4, -0.2) is 28.8 Å². The van der Waals surface area contributed by atoms with Gasteiger partial charge in [0, 0.05) is 19.2 Å². The van der Waals surface area contributed by atoms with Crippen LogP contribution in [0.15, 0.2) is 18.5 Å². The first-order chi connectivity index (χ1) is 7.90. The second-order valence-corrected chi connectivity index (χ2v) is 3.37. The maximum absolute atomic E-state index is 11.9. The lowest BCUT2D eigenvalue weighted by atomic mass is 10.2. The molecule has 0 bridgehead atoms. The van der Waals surface area contributed by atoms with Gasteiger partial charge in [0.25, 0.3) is 0 Å². The largest absolute Gasteiger partial charge is 0.478 e. The van der Waals surface area contributed by atoms with Crippen LogP contribution in [0.25, 0.3) is 0 Å². The van der Waals surface area contributed by atoms with E-state index in [9.17, 15) is 18.0 Å². The standard InChI is InChI=1S/C10H11F3N2O2/c11-10(12,13)3-1-4-15-8-6-14-5-2-7(8)9(16)17/h2,5-6,15H,1,3-4H2,(H,16,17). The monoisotopic (exact) mass is 248 g/mol. The minimum absolute atomic E-state index is 0.00740. The molecule has 94 valence electrons. The number of anilines is 1. The van der Waals surface area contributed by atoms with Crippen LogP contribution in [0.2, 0.25) is 0 Å². The Labute approximate surface area is 95.5 Å². The zero-order valence-electron chi connectivity index (χ0n) is 8.79. The number of carboxylic acid groups (broad SMARTS) is 1. The van der Waals surface area contributed by atoms with Gasteiger partial charge >= 0.3 is 12.1 Å². The molecule has 0 aliphatic rings. The van der Waals surface area contributed by atoms with Crippen LogP contribution in [0.1, 0.15) is 23.2 Å². The predicted molar refractivity (Wildman–Crippen MR) is 55.0 cm³/mol. The summed E-state index contributed by atoms with van der Waals surface area (Å²) in [5, 5.41) is 11.4. The summed E-state index contributed by atoms with van der Waals surface area (Å²) in [6, 6.07) is 1.29. The number of aromatic nitrogens is 1. The average molecular weight is 248 g/mol. The lowest BCUT2D eigenvalue weighted by molar-refractivity contribution is -0.134. The van der Waals surface area contributed by atoms with Crippen molar-refractivity contribution in [1.29, 1.82) is 0 Å². The first-order valence-electron chi connectivity index (χ1n) is 4.88. The van der Waals surface area contributed by atoms with E-state index >= 15 is 0 Å². The number of halogens is 3. The topological polar surface area (TPSA) is 62.2 Å². The van der Waals surface area contributed by atoms with Crippen molar-refractivity contribution in [3.8, 4) is 0 Å². The molecule has 0 aromatic carbocycles. The number of rotatable bonds is 5. The first-order valence-corrected chi connectivity index (χ1v) is 4.88. The number of alkyl halides is 3. The fraction of sp³-hybridized carbons (Fsp3) is 0.400. The highest BCUT2D eigenvalue weighted by molar-refractivity contribution is 5.93. The zero-order chi connectivity index (χ0) is 12.9. The quantitative estimate of drug-likeness (QED) is 0.786. The lowest BCUT2D eigenvalue weighted by Crippen LogP contribution is -2.12. The summed E-state index contributed by atoms with van der Waals surface area (Å²) in [5.74, 6) is -1.15. The molecule has 2 N–H and O–H groups in total. The summed E-state index contributed by atoms with van der Waals surface area (Å²) in [5.41, 5.74) is 0.217. The van der Waals surface area contributed by atoms with Crippen molar-refractivity contribution < 1.29 is 23.1 Å². The number of nitrogens with zero attached hydrogens (tertiary/aromatic N) is 1. The van der Waals surface area contributed by atoms with E-state index in [0.29, 0.717) is 0 Å². The molecule has 0 fully saturated rings. The first kappa shape index (κ1) is 13.3. The Hall–Kier alpha value is -1.79. The van der Waals surface area contributed by atoms with Crippen molar-refractivity contribution >= 4 is 11.7 Å². The smallest absolute Gasteiger partial charge is 0.389 e. The molecule has 17 heavy (non-hydrogen) atoms. The zero-order valence-corrected chi connectivity index (χ0v) is 8.79. The van der Waals surface area contributed by atoms with Crippen LogP contribution < -0.4 is 5.32 Å². The van der Waals surface area contributed by atoms with Gasteiger partial charge in [-0.3, -0.25) is 4.98 Å². The van der Waals surface area contributed by atoms with Crippen LogP contribution in [0.5, 0.6) is 0 Å². The molecule has 0 unspecified atom stereocenters. The number of aromatic carboxylic acids is 1. The van der Waals surface area contributed by atoms with Gasteiger partial charge in [-0.25, -0.2) is 4.79 Å². The Morgan fingerprint density at radius 1 is 1.47 bits per heavy atom. The Bertz CT molecular complexity index is 393. The number of hydrogen-bond donors (Lipinski definition) is 2. The highest BCUT2D eigenvalue weighted by atomic mass is 19.4. The summed E-state index contributed by atoms with van der Waals surface area (Å²) >= 11 is 0. The van der Waals surface area contributed by atoms with E-state index in [1.54, 1.807) is 0 Å². The van der Waals surface area contributed by atoms with E-state index in [4.69, 9.17) is 5.11 Å². The Balaban J connectivity index is 2.49. The second kappa shape index (κ2) is 5.51. The maximum atomic E-state index is 11.9. The fourth-order valence-corrected chi connectivity index (χ4v) is 1.23. The Kier molecular flexibility index (Phi) is 4.30. The average Bonchev–Trinajstić information content (AvgIpc) is 2.23. The molecule has 0 atom stereocenters. The summed E-state index contributed by atoms with van der Waals surface area (Å²) in [4.78, 5) is 14.5. The van der Waals surface area contributed by atoms with Gasteiger partial charge in [-0.1, -0.05) is 0 Å². The highest BCUT2D eigenvalue weighted by Gasteiger charge is 2.25. The number of nitrogens with one attached hydrogen (secondary N) is 1. The van der Waals surface area contributed by atoms with Crippen LogP contribution in [0.4, 0.5) is 18.9 Å². The van der Waals surface area contributed by atoms with Gasteiger partial charge in [0.2, 0.25) is 0 Å². The third-order valence-electron chi connectivity index (χ3n) is 2.00. The molecular formula is C10H11F3N2O2. The normalized spacial score (nSPS) is 11.2. The van der Waals surface area contributed by atoms with E-state index in [1.165, 1.54) is 18.5 Å². The Morgan fingerprint density at radius 3 is 2.76 bits per heavy atom. The van der Waals surface area contributed by atoms with Gasteiger partial charge in [0.1, 0.15) is 0 Å². The van der Waals surface area contributed by atoms with Crippen molar-refractivity contribution in [2.45, 2.75) is 19.0 Å². The lowest BCUT2D eigenvalue weighted by Gasteiger charge is -2.09. The van der Waals surface area contributed by atoms with Gasteiger partial charge in [-0.15, -0.1) is 0 Å². The fourth-order valence-electron chi connectivity index (χ4n) is 1.23. The van der Waals surface area contributed by atoms with Crippen molar-refractivity contribution in [2.75, 3.05) is 11.9 Å². The van der Waals surface area contributed by atoms with Crippen LogP contribution in [0.3, 0.4) is 0 Å². The van der Waals surface area contributed by atoms with Crippen LogP contribution in [0, 0.1) is 0 Å². The molecule has 1 heterocycles. The molecule has 0 aliphatic carbocycles. The summed E-state index contributed by atoms with van der Waals surface area (Å²) < 4.78 is 35.6. The van der Waals surface area contributed by atoms with Crippen LogP contribution >= 0.6 is 0 Å². The number of hydrogen-bond acceptors (Lipinski definition) is 3. The van der Waals surface area contributed by atoms with Crippen molar-refractivity contribution in [2.24, 2.45) is 0 Å². The molecular weight excluding hydrogens is 237 g/mol. The molecule has 1 rings (SSSR count). The molecule has 1 aromatic rings. The maximum Gasteiger partial charge on any atom is 0.389 e. The van der Waals surface area contributed by atoms with E-state index < -0.39 is 18.6 Å². The Morgan fingerprint density at radius 2 is 2.18 bits per heavy atom. The molecule has 0 saturated heterocycles. The molecule has 0 aliphatic heterocycles. The SMILES string of the molecule is O=C(O)c1ccncc1NCCCC(F)(F)F. The highest BCUT2D eigenvalue weighted by Crippen LogP contribution is 2.21. The minimum atomic E-state index is -4.19. The number of pyridine rings is 1. The molecule has 4 nitrogen and oxygen atoms in total. The molecule has 0 radical (unpaired) electrons. The molecule has 0 saturated carbocycles. The van der Waals surface area contributed by atoms with Gasteiger partial charge in [-0.05, 0) is 12.5 Å². The summed E-state index contributed by atoms with van der Waals surface area (Å²) in [7, 11) is 0. The van der Waals surface area contributed by atoms with Gasteiger partial charge in [-0.2, -0.15) is 13.2 Å². The van der Waals surface area contributed by atoms with E-state index in [0.717, 1.165) is 0 Å². The molecule has 7 heteroatoms. The van der Waals surface area contributed by atoms with Crippen molar-refractivity contribution in [1.82, 2.24) is 4.98 Å². The second-order valence-electron chi connectivity index (χ2n) is 3.37. The number of carboxylic acids is 1. The molecule has 0 spiro atoms. The summed E-state index contributed by atoms with van der Waals surface area (Å²) in [6.07, 6.45) is -2.62. The third-order valence-corrected chi connectivity index (χ3v) is 2.00. The predicted octanol–water partition coefficient (Wildman–Crippen LogP) is 2.53. The van der Waals surface area contributed by atoms with Crippen molar-refractivity contribution in [3.05, 3.63) is 24.0 Å². The van der Waals surface area contributed by atoms with Gasteiger partial charge < -0.3 is 10.4 Å². The van der Waals surface area contributed by atoms with E-state index in [2.05, 4.69) is 10.3 Å². The van der Waals surface area contributed by atoms with E-state index in [-0.39, 0.29) is 24.2 Å². The van der Waals surface area contributed by atoms with Crippen molar-refractivity contribution in [3.63, 3.8) is 0 Å². The minimum Gasteiger partial charge on any atom is -0.478 e. The van der Waals surface area contributed by atoms with Gasteiger partial charge in [0.15, 0.2) is 0 Å². The molecule has 0 amide bonds. The van der Waals surface area contributed by atoms with E-state index in [1.807, 2.05) is 0 Å². The van der Waals surface area contributed by atoms with Crippen LogP contribution in [-0.2, 0) is 0 Å². The molecule has 1 aromatic heterocycles. The number of carbonyl (C=O) groups is 1. The third kappa shape index (κ3) is 4.71. The summed E-state index contributed by atoms with van der Waals surface area (Å²) in [6.45, 7) is 0.0471. The van der Waals surface area contributed by atoms with Gasteiger partial charge in [0.05, 0.1) is 17.4 Å².